The molecule has 1 aromatic carbocycles. The van der Waals surface area contributed by atoms with Crippen LogP contribution in [0.15, 0.2) is 42.6 Å². The van der Waals surface area contributed by atoms with E-state index in [0.717, 1.165) is 43.8 Å². The van der Waals surface area contributed by atoms with Crippen molar-refractivity contribution in [2.24, 2.45) is 0 Å². The molecule has 1 fully saturated rings. The molecule has 0 saturated carbocycles. The molecule has 27 heavy (non-hydrogen) atoms. The molecule has 1 aliphatic heterocycles. The number of anilines is 2. The Morgan fingerprint density at radius 3 is 2.52 bits per heavy atom. The van der Waals surface area contributed by atoms with Crippen molar-refractivity contribution < 1.29 is 18.0 Å². The summed E-state index contributed by atoms with van der Waals surface area (Å²) in [6, 6.07) is 8.26. The third-order valence-electron chi connectivity index (χ3n) is 4.87. The van der Waals surface area contributed by atoms with Gasteiger partial charge in [-0.2, -0.15) is 13.2 Å². The molecule has 1 aromatic heterocycles. The number of aromatic nitrogens is 1. The summed E-state index contributed by atoms with van der Waals surface area (Å²) in [7, 11) is 0. The molecule has 144 valence electrons. The zero-order chi connectivity index (χ0) is 19.4. The number of alkyl halides is 3. The van der Waals surface area contributed by atoms with Crippen LogP contribution in [0.25, 0.3) is 0 Å². The number of nitrogens with zero attached hydrogens (tertiary/aromatic N) is 2. The van der Waals surface area contributed by atoms with Crippen LogP contribution < -0.4 is 10.2 Å². The van der Waals surface area contributed by atoms with Crippen LogP contribution in [0, 0.1) is 0 Å². The predicted molar refractivity (Wildman–Crippen MR) is 98.9 cm³/mol. The number of pyridine rings is 1. The molecule has 7 heteroatoms. The van der Waals surface area contributed by atoms with E-state index in [-0.39, 0.29) is 5.56 Å². The van der Waals surface area contributed by atoms with Crippen LogP contribution in [0.2, 0.25) is 0 Å². The molecule has 0 aliphatic carbocycles. The average molecular weight is 377 g/mol. The number of piperidine rings is 1. The van der Waals surface area contributed by atoms with Crippen LogP contribution in [0.5, 0.6) is 0 Å². The van der Waals surface area contributed by atoms with Gasteiger partial charge >= 0.3 is 6.18 Å². The van der Waals surface area contributed by atoms with Gasteiger partial charge in [0.25, 0.3) is 5.91 Å². The Labute approximate surface area is 156 Å². The molecule has 1 atom stereocenters. The molecule has 3 rings (SSSR count). The van der Waals surface area contributed by atoms with Gasteiger partial charge in [-0.3, -0.25) is 4.79 Å². The fraction of sp³-hybridized carbons (Fsp3) is 0.400. The molecule has 4 nitrogen and oxygen atoms in total. The van der Waals surface area contributed by atoms with Crippen molar-refractivity contribution in [3.63, 3.8) is 0 Å². The van der Waals surface area contributed by atoms with E-state index in [2.05, 4.69) is 22.1 Å². The second-order valence-electron chi connectivity index (χ2n) is 6.69. The Bertz CT molecular complexity index is 773. The highest BCUT2D eigenvalue weighted by atomic mass is 19.4. The highest BCUT2D eigenvalue weighted by Gasteiger charge is 2.30. The van der Waals surface area contributed by atoms with Crippen LogP contribution >= 0.6 is 0 Å². The van der Waals surface area contributed by atoms with E-state index in [1.165, 1.54) is 18.6 Å². The second-order valence-corrected chi connectivity index (χ2v) is 6.69. The Balaban J connectivity index is 1.66. The SMILES string of the molecule is CCC1CCCCN1c1ccc(NC(=O)c2ccc(C(F)(F)F)cc2)cn1. The van der Waals surface area contributed by atoms with Crippen molar-refractivity contribution in [3.8, 4) is 0 Å². The second kappa shape index (κ2) is 7.98. The zero-order valence-electron chi connectivity index (χ0n) is 15.1. The first-order chi connectivity index (χ1) is 12.9. The number of carbonyl (C=O) groups excluding carboxylic acids is 1. The highest BCUT2D eigenvalue weighted by Crippen LogP contribution is 2.29. The summed E-state index contributed by atoms with van der Waals surface area (Å²) in [6.45, 7) is 3.14. The van der Waals surface area contributed by atoms with Crippen LogP contribution in [0.3, 0.4) is 0 Å². The third kappa shape index (κ3) is 4.59. The summed E-state index contributed by atoms with van der Waals surface area (Å²) in [5, 5.41) is 2.67. The maximum atomic E-state index is 12.6. The molecule has 2 aromatic rings. The van der Waals surface area contributed by atoms with Crippen LogP contribution in [0.1, 0.15) is 48.5 Å². The summed E-state index contributed by atoms with van der Waals surface area (Å²) in [5.74, 6) is 0.414. The van der Waals surface area contributed by atoms with Gasteiger partial charge in [-0.1, -0.05) is 6.92 Å². The summed E-state index contributed by atoms with van der Waals surface area (Å²) in [5.41, 5.74) is -0.111. The number of benzene rings is 1. The lowest BCUT2D eigenvalue weighted by Gasteiger charge is -2.36. The standard InChI is InChI=1S/C20H22F3N3O/c1-2-17-5-3-4-12-26(17)18-11-10-16(13-24-18)25-19(27)14-6-8-15(9-7-14)20(21,22)23/h6-11,13,17H,2-5,12H2,1H3,(H,25,27). The largest absolute Gasteiger partial charge is 0.416 e. The molecule has 0 radical (unpaired) electrons. The first kappa shape index (κ1) is 19.2. The van der Waals surface area contributed by atoms with Crippen molar-refractivity contribution in [1.82, 2.24) is 4.98 Å². The van der Waals surface area contributed by atoms with E-state index in [1.54, 1.807) is 12.3 Å². The molecule has 1 amide bonds. The smallest absolute Gasteiger partial charge is 0.354 e. The molecule has 0 spiro atoms. The number of nitrogens with one attached hydrogen (secondary N) is 1. The number of carbonyl (C=O) groups is 1. The van der Waals surface area contributed by atoms with Gasteiger partial charge in [-0.15, -0.1) is 0 Å². The minimum absolute atomic E-state index is 0.161. The lowest BCUT2D eigenvalue weighted by molar-refractivity contribution is -0.137. The van der Waals surface area contributed by atoms with E-state index >= 15 is 0 Å². The van der Waals surface area contributed by atoms with Crippen LogP contribution in [-0.2, 0) is 6.18 Å². The van der Waals surface area contributed by atoms with Crippen molar-refractivity contribution in [3.05, 3.63) is 53.7 Å². The lowest BCUT2D eigenvalue weighted by atomic mass is 10.00. The first-order valence-corrected chi connectivity index (χ1v) is 9.10. The topological polar surface area (TPSA) is 45.2 Å². The molecular formula is C20H22F3N3O. The highest BCUT2D eigenvalue weighted by molar-refractivity contribution is 6.04. The average Bonchev–Trinajstić information content (AvgIpc) is 2.68. The summed E-state index contributed by atoms with van der Waals surface area (Å²) in [4.78, 5) is 19.0. The van der Waals surface area contributed by atoms with E-state index in [0.29, 0.717) is 11.7 Å². The fourth-order valence-corrected chi connectivity index (χ4v) is 3.37. The summed E-state index contributed by atoms with van der Waals surface area (Å²) >= 11 is 0. The maximum absolute atomic E-state index is 12.6. The van der Waals surface area contributed by atoms with Crippen LogP contribution in [-0.4, -0.2) is 23.5 Å². The van der Waals surface area contributed by atoms with Crippen molar-refractivity contribution in [2.75, 3.05) is 16.8 Å². The van der Waals surface area contributed by atoms with Crippen LogP contribution in [0.4, 0.5) is 24.7 Å². The number of hydrogen-bond acceptors (Lipinski definition) is 3. The van der Waals surface area contributed by atoms with Crippen molar-refractivity contribution in [1.29, 1.82) is 0 Å². The maximum Gasteiger partial charge on any atom is 0.416 e. The number of amides is 1. The van der Waals surface area contributed by atoms with Gasteiger partial charge < -0.3 is 10.2 Å². The van der Waals surface area contributed by atoms with Gasteiger partial charge in [0, 0.05) is 18.2 Å². The molecular weight excluding hydrogens is 355 g/mol. The Hall–Kier alpha value is -2.57. The van der Waals surface area contributed by atoms with Gasteiger partial charge in [-0.05, 0) is 62.1 Å². The van der Waals surface area contributed by atoms with E-state index < -0.39 is 17.6 Å². The minimum atomic E-state index is -4.42. The normalized spacial score (nSPS) is 17.6. The van der Waals surface area contributed by atoms with Gasteiger partial charge in [0.1, 0.15) is 5.82 Å². The Morgan fingerprint density at radius 2 is 1.93 bits per heavy atom. The molecule has 2 heterocycles. The molecule has 1 N–H and O–H groups in total. The molecule has 0 bridgehead atoms. The quantitative estimate of drug-likeness (QED) is 0.804. The number of hydrogen-bond donors (Lipinski definition) is 1. The number of halogens is 3. The van der Waals surface area contributed by atoms with Gasteiger partial charge in [-0.25, -0.2) is 4.98 Å². The molecule has 1 saturated heterocycles. The summed E-state index contributed by atoms with van der Waals surface area (Å²) < 4.78 is 37.8. The van der Waals surface area contributed by atoms with Gasteiger partial charge in [0.05, 0.1) is 17.4 Å². The Kier molecular flexibility index (Phi) is 5.68. The third-order valence-corrected chi connectivity index (χ3v) is 4.87. The Morgan fingerprint density at radius 1 is 1.19 bits per heavy atom. The monoisotopic (exact) mass is 377 g/mol. The lowest BCUT2D eigenvalue weighted by Crippen LogP contribution is -2.39. The van der Waals surface area contributed by atoms with Crippen molar-refractivity contribution >= 4 is 17.4 Å². The van der Waals surface area contributed by atoms with Gasteiger partial charge in [0.15, 0.2) is 0 Å². The molecule has 1 unspecified atom stereocenters. The number of rotatable bonds is 4. The first-order valence-electron chi connectivity index (χ1n) is 9.10. The fourth-order valence-electron chi connectivity index (χ4n) is 3.37. The van der Waals surface area contributed by atoms with E-state index in [4.69, 9.17) is 0 Å². The van der Waals surface area contributed by atoms with Gasteiger partial charge in [0.2, 0.25) is 0 Å². The van der Waals surface area contributed by atoms with E-state index in [9.17, 15) is 18.0 Å². The summed E-state index contributed by atoms with van der Waals surface area (Å²) in [6.07, 6.45) is 1.76. The van der Waals surface area contributed by atoms with Crippen molar-refractivity contribution in [2.45, 2.75) is 44.8 Å². The zero-order valence-corrected chi connectivity index (χ0v) is 15.1. The minimum Gasteiger partial charge on any atom is -0.354 e. The molecule has 1 aliphatic rings. The predicted octanol–water partition coefficient (Wildman–Crippen LogP) is 5.12. The van der Waals surface area contributed by atoms with E-state index in [1.807, 2.05) is 6.07 Å².